The second kappa shape index (κ2) is 4.08. The lowest BCUT2D eigenvalue weighted by molar-refractivity contribution is -0.128. The lowest BCUT2D eigenvalue weighted by Gasteiger charge is -2.21. The quantitative estimate of drug-likeness (QED) is 0.556. The summed E-state index contributed by atoms with van der Waals surface area (Å²) in [6, 6.07) is 3.23. The average molecular weight is 345 g/mol. The monoisotopic (exact) mass is 343 g/mol. The van der Waals surface area contributed by atoms with Crippen molar-refractivity contribution in [2.24, 2.45) is 0 Å². The molecule has 1 aliphatic heterocycles. The summed E-state index contributed by atoms with van der Waals surface area (Å²) in [6.07, 6.45) is 0. The molecular formula is C8H7BrClNO5S. The molecule has 94 valence electrons. The molecule has 0 radical (unpaired) electrons. The number of benzene rings is 1. The molecule has 0 aliphatic carbocycles. The summed E-state index contributed by atoms with van der Waals surface area (Å²) in [7, 11) is -4.80. The predicted molar refractivity (Wildman–Crippen MR) is 64.2 cm³/mol. The van der Waals surface area contributed by atoms with Crippen molar-refractivity contribution >= 4 is 43.6 Å². The van der Waals surface area contributed by atoms with Crippen LogP contribution >= 0.6 is 27.5 Å². The molecular weight excluding hydrogens is 338 g/mol. The first-order valence-corrected chi connectivity index (χ1v) is 6.89. The van der Waals surface area contributed by atoms with Crippen LogP contribution in [0.5, 0.6) is 0 Å². The third-order valence-electron chi connectivity index (χ3n) is 2.25. The minimum Gasteiger partial charge on any atom is -0.379 e. The Morgan fingerprint density at radius 2 is 2.18 bits per heavy atom. The van der Waals surface area contributed by atoms with Crippen molar-refractivity contribution in [3.8, 4) is 0 Å². The zero-order valence-electron chi connectivity index (χ0n) is 8.15. The van der Waals surface area contributed by atoms with Crippen molar-refractivity contribution in [2.75, 3.05) is 11.9 Å². The zero-order chi connectivity index (χ0) is 12.8. The standard InChI is InChI=1S/C8H7BrClNO5S/c9-4-1-2-5-6(7(4)10)8(12,3-11-5)16-17(13,14)15/h1-2,11-12H,3H2,(H,13,14,15). The van der Waals surface area contributed by atoms with Gasteiger partial charge in [-0.15, -0.1) is 0 Å². The smallest absolute Gasteiger partial charge is 0.379 e. The fraction of sp³-hybridized carbons (Fsp3) is 0.250. The van der Waals surface area contributed by atoms with E-state index in [1.54, 1.807) is 12.1 Å². The number of hydrogen-bond donors (Lipinski definition) is 3. The molecule has 0 saturated heterocycles. The highest BCUT2D eigenvalue weighted by Crippen LogP contribution is 2.44. The molecule has 0 fully saturated rings. The molecule has 0 amide bonds. The summed E-state index contributed by atoms with van der Waals surface area (Å²) in [4.78, 5) is 0. The summed E-state index contributed by atoms with van der Waals surface area (Å²) >= 11 is 9.09. The van der Waals surface area contributed by atoms with Crippen molar-refractivity contribution in [3.05, 3.63) is 27.2 Å². The number of nitrogens with one attached hydrogen (secondary N) is 1. The van der Waals surface area contributed by atoms with E-state index in [1.807, 2.05) is 0 Å². The Labute approximate surface area is 111 Å². The third kappa shape index (κ3) is 2.42. The Morgan fingerprint density at radius 1 is 1.53 bits per heavy atom. The Morgan fingerprint density at radius 3 is 2.76 bits per heavy atom. The molecule has 0 saturated carbocycles. The Kier molecular flexibility index (Phi) is 3.13. The van der Waals surface area contributed by atoms with Crippen LogP contribution in [0.3, 0.4) is 0 Å². The number of rotatable bonds is 2. The molecule has 0 bridgehead atoms. The van der Waals surface area contributed by atoms with Gasteiger partial charge < -0.3 is 10.4 Å². The normalized spacial score (nSPS) is 23.3. The van der Waals surface area contributed by atoms with Crippen LogP contribution in [0.2, 0.25) is 5.02 Å². The highest BCUT2D eigenvalue weighted by molar-refractivity contribution is 9.10. The number of aliphatic hydroxyl groups is 1. The number of anilines is 1. The number of fused-ring (bicyclic) bond motifs is 1. The van der Waals surface area contributed by atoms with Gasteiger partial charge in [0, 0.05) is 10.2 Å². The highest BCUT2D eigenvalue weighted by Gasteiger charge is 2.44. The fourth-order valence-corrected chi connectivity index (χ4v) is 2.76. The van der Waals surface area contributed by atoms with Gasteiger partial charge in [-0.25, -0.2) is 4.18 Å². The van der Waals surface area contributed by atoms with Crippen LogP contribution in [-0.2, 0) is 20.4 Å². The summed E-state index contributed by atoms with van der Waals surface area (Å²) in [5, 5.41) is 12.9. The molecule has 6 nitrogen and oxygen atoms in total. The van der Waals surface area contributed by atoms with Gasteiger partial charge in [0.15, 0.2) is 0 Å². The maximum Gasteiger partial charge on any atom is 0.400 e. The van der Waals surface area contributed by atoms with E-state index in [-0.39, 0.29) is 17.1 Å². The first-order valence-electron chi connectivity index (χ1n) is 4.36. The lowest BCUT2D eigenvalue weighted by atomic mass is 10.1. The van der Waals surface area contributed by atoms with Gasteiger partial charge in [-0.2, -0.15) is 8.42 Å². The Balaban J connectivity index is 2.56. The van der Waals surface area contributed by atoms with Crippen LogP contribution in [0.25, 0.3) is 0 Å². The minimum absolute atomic E-state index is 0.0613. The molecule has 1 aromatic rings. The molecule has 0 spiro atoms. The molecule has 1 aliphatic rings. The number of β-amino-alcohol motifs (C(OH)–C–C–N with tert-alkyl or cyclic N) is 1. The Hall–Kier alpha value is -0.380. The summed E-state index contributed by atoms with van der Waals surface area (Å²) in [5.74, 6) is -2.22. The van der Waals surface area contributed by atoms with E-state index in [1.165, 1.54) is 0 Å². The fourth-order valence-electron chi connectivity index (χ4n) is 1.63. The Bertz CT molecular complexity index is 578. The van der Waals surface area contributed by atoms with E-state index in [9.17, 15) is 13.5 Å². The average Bonchev–Trinajstić information content (AvgIpc) is 2.47. The number of hydrogen-bond acceptors (Lipinski definition) is 5. The molecule has 1 atom stereocenters. The summed E-state index contributed by atoms with van der Waals surface area (Å²) in [5.41, 5.74) is 0.496. The maximum atomic E-state index is 10.7. The van der Waals surface area contributed by atoms with Gasteiger partial charge in [-0.05, 0) is 28.1 Å². The van der Waals surface area contributed by atoms with Crippen molar-refractivity contribution in [1.29, 1.82) is 0 Å². The molecule has 9 heteroatoms. The topological polar surface area (TPSA) is 95.9 Å². The van der Waals surface area contributed by atoms with Crippen molar-refractivity contribution in [2.45, 2.75) is 5.79 Å². The van der Waals surface area contributed by atoms with Crippen LogP contribution in [-0.4, -0.2) is 24.6 Å². The molecule has 1 heterocycles. The van der Waals surface area contributed by atoms with E-state index in [4.69, 9.17) is 16.2 Å². The third-order valence-corrected chi connectivity index (χ3v) is 4.02. The minimum atomic E-state index is -4.80. The van der Waals surface area contributed by atoms with Gasteiger partial charge >= 0.3 is 10.4 Å². The first-order chi connectivity index (χ1) is 7.73. The van der Waals surface area contributed by atoms with Gasteiger partial charge in [-0.1, -0.05) is 11.6 Å². The van der Waals surface area contributed by atoms with Gasteiger partial charge in [0.05, 0.1) is 17.1 Å². The molecule has 0 aromatic heterocycles. The lowest BCUT2D eigenvalue weighted by Crippen LogP contribution is -2.34. The first kappa shape index (κ1) is 13.1. The van der Waals surface area contributed by atoms with Gasteiger partial charge in [0.1, 0.15) is 0 Å². The molecule has 17 heavy (non-hydrogen) atoms. The summed E-state index contributed by atoms with van der Waals surface area (Å²) < 4.78 is 34.8. The van der Waals surface area contributed by atoms with Crippen LogP contribution in [0.15, 0.2) is 16.6 Å². The second-order valence-corrected chi connectivity index (χ2v) is 5.69. The molecule has 3 N–H and O–H groups in total. The van der Waals surface area contributed by atoms with E-state index in [0.29, 0.717) is 10.2 Å². The highest BCUT2D eigenvalue weighted by atomic mass is 79.9. The van der Waals surface area contributed by atoms with Crippen LogP contribution in [0.1, 0.15) is 5.56 Å². The van der Waals surface area contributed by atoms with E-state index < -0.39 is 16.2 Å². The van der Waals surface area contributed by atoms with Crippen molar-refractivity contribution in [3.63, 3.8) is 0 Å². The van der Waals surface area contributed by atoms with E-state index >= 15 is 0 Å². The zero-order valence-corrected chi connectivity index (χ0v) is 11.3. The molecule has 1 aromatic carbocycles. The van der Waals surface area contributed by atoms with E-state index in [2.05, 4.69) is 25.4 Å². The van der Waals surface area contributed by atoms with Crippen LogP contribution in [0.4, 0.5) is 5.69 Å². The van der Waals surface area contributed by atoms with Gasteiger partial charge in [0.2, 0.25) is 5.79 Å². The largest absolute Gasteiger partial charge is 0.400 e. The van der Waals surface area contributed by atoms with Crippen molar-refractivity contribution in [1.82, 2.24) is 0 Å². The molecule has 2 rings (SSSR count). The van der Waals surface area contributed by atoms with Crippen LogP contribution < -0.4 is 5.32 Å². The predicted octanol–water partition coefficient (Wildman–Crippen LogP) is 1.49. The second-order valence-electron chi connectivity index (χ2n) is 3.43. The van der Waals surface area contributed by atoms with Crippen molar-refractivity contribution < 1.29 is 22.3 Å². The number of halogens is 2. The van der Waals surface area contributed by atoms with Crippen LogP contribution in [0, 0.1) is 0 Å². The van der Waals surface area contributed by atoms with Gasteiger partial charge in [0.25, 0.3) is 0 Å². The molecule has 1 unspecified atom stereocenters. The van der Waals surface area contributed by atoms with E-state index in [0.717, 1.165) is 0 Å². The van der Waals surface area contributed by atoms with Gasteiger partial charge in [-0.3, -0.25) is 4.55 Å². The summed E-state index contributed by atoms with van der Waals surface area (Å²) in [6.45, 7) is -0.238. The maximum absolute atomic E-state index is 10.7. The SMILES string of the molecule is O=S(=O)(O)OC1(O)CNc2ccc(Br)c(Cl)c21.